The molecule has 11 heavy (non-hydrogen) atoms. The molecule has 1 nitrogen and oxygen atoms in total. The van der Waals surface area contributed by atoms with E-state index in [2.05, 4.69) is 19.1 Å². The van der Waals surface area contributed by atoms with Crippen molar-refractivity contribution in [2.24, 2.45) is 0 Å². The fraction of sp³-hybridized carbons (Fsp3) is 0.333. The molecule has 0 amide bonds. The highest BCUT2D eigenvalue weighted by molar-refractivity contribution is 7.12. The van der Waals surface area contributed by atoms with Crippen LogP contribution in [0.3, 0.4) is 0 Å². The molecule has 1 N–H and O–H groups in total. The molecule has 2 heteroatoms. The van der Waals surface area contributed by atoms with E-state index in [-0.39, 0.29) is 6.61 Å². The summed E-state index contributed by atoms with van der Waals surface area (Å²) in [5, 5.41) is 8.50. The zero-order valence-corrected chi connectivity index (χ0v) is 7.40. The summed E-state index contributed by atoms with van der Waals surface area (Å²) in [6.07, 6.45) is 4.79. The van der Waals surface area contributed by atoms with Gasteiger partial charge >= 0.3 is 0 Å². The Labute approximate surface area is 71.0 Å². The van der Waals surface area contributed by atoms with Gasteiger partial charge in [0.2, 0.25) is 0 Å². The smallest absolute Gasteiger partial charge is 0.0465 e. The summed E-state index contributed by atoms with van der Waals surface area (Å²) >= 11 is 1.77. The van der Waals surface area contributed by atoms with Gasteiger partial charge in [0.25, 0.3) is 0 Å². The first-order valence-electron chi connectivity index (χ1n) is 3.67. The van der Waals surface area contributed by atoms with Gasteiger partial charge in [0.05, 0.1) is 0 Å². The lowest BCUT2D eigenvalue weighted by molar-refractivity contribution is 0.303. The molecule has 0 aliphatic heterocycles. The lowest BCUT2D eigenvalue weighted by Gasteiger charge is -1.83. The lowest BCUT2D eigenvalue weighted by atomic mass is 10.3. The van der Waals surface area contributed by atoms with Crippen molar-refractivity contribution in [3.8, 4) is 0 Å². The number of hydrogen-bond acceptors (Lipinski definition) is 2. The van der Waals surface area contributed by atoms with Crippen LogP contribution in [0.25, 0.3) is 6.08 Å². The van der Waals surface area contributed by atoms with Crippen LogP contribution in [0, 0.1) is 6.92 Å². The van der Waals surface area contributed by atoms with Gasteiger partial charge in [0, 0.05) is 16.4 Å². The molecule has 0 aliphatic rings. The molecule has 1 aromatic heterocycles. The predicted octanol–water partition coefficient (Wildman–Crippen LogP) is 2.45. The topological polar surface area (TPSA) is 20.2 Å². The van der Waals surface area contributed by atoms with Gasteiger partial charge < -0.3 is 5.11 Å². The molecule has 0 unspecified atom stereocenters. The van der Waals surface area contributed by atoms with Crippen LogP contribution in [0.4, 0.5) is 0 Å². The first-order valence-corrected chi connectivity index (χ1v) is 4.48. The van der Waals surface area contributed by atoms with Gasteiger partial charge in [-0.15, -0.1) is 11.3 Å². The molecular formula is C9H12OS. The Balaban J connectivity index is 2.50. The van der Waals surface area contributed by atoms with Crippen LogP contribution in [0.1, 0.15) is 16.2 Å². The van der Waals surface area contributed by atoms with E-state index in [0.29, 0.717) is 0 Å². The van der Waals surface area contributed by atoms with E-state index in [9.17, 15) is 0 Å². The molecule has 0 aromatic carbocycles. The number of aliphatic hydroxyl groups excluding tert-OH is 1. The molecule has 1 rings (SSSR count). The van der Waals surface area contributed by atoms with Crippen molar-refractivity contribution in [1.82, 2.24) is 0 Å². The van der Waals surface area contributed by atoms with Crippen molar-refractivity contribution in [2.75, 3.05) is 6.61 Å². The zero-order chi connectivity index (χ0) is 8.10. The molecular weight excluding hydrogens is 156 g/mol. The number of thiophene rings is 1. The number of rotatable bonds is 3. The summed E-state index contributed by atoms with van der Waals surface area (Å²) in [7, 11) is 0. The van der Waals surface area contributed by atoms with Gasteiger partial charge in [-0.3, -0.25) is 0 Å². The predicted molar refractivity (Wildman–Crippen MR) is 49.8 cm³/mol. The minimum absolute atomic E-state index is 0.237. The van der Waals surface area contributed by atoms with Gasteiger partial charge in [-0.2, -0.15) is 0 Å². The molecule has 1 aromatic rings. The van der Waals surface area contributed by atoms with E-state index in [4.69, 9.17) is 5.11 Å². The Bertz CT molecular complexity index is 237. The average molecular weight is 168 g/mol. The molecule has 0 atom stereocenters. The summed E-state index contributed by atoms with van der Waals surface area (Å²) < 4.78 is 0. The van der Waals surface area contributed by atoms with Crippen molar-refractivity contribution in [2.45, 2.75) is 13.3 Å². The van der Waals surface area contributed by atoms with Crippen LogP contribution in [-0.2, 0) is 0 Å². The Kier molecular flexibility index (Phi) is 3.33. The van der Waals surface area contributed by atoms with Gasteiger partial charge in [-0.25, -0.2) is 0 Å². The van der Waals surface area contributed by atoms with Crippen LogP contribution in [0.15, 0.2) is 18.2 Å². The minimum Gasteiger partial charge on any atom is -0.396 e. The maximum atomic E-state index is 8.50. The summed E-state index contributed by atoms with van der Waals surface area (Å²) in [6, 6.07) is 4.19. The minimum atomic E-state index is 0.237. The highest BCUT2D eigenvalue weighted by Gasteiger charge is 1.89. The third kappa shape index (κ3) is 2.87. The SMILES string of the molecule is Cc1ccc(C=CCCO)s1. The maximum absolute atomic E-state index is 8.50. The Morgan fingerprint density at radius 1 is 1.55 bits per heavy atom. The molecule has 0 aliphatic carbocycles. The zero-order valence-electron chi connectivity index (χ0n) is 6.58. The monoisotopic (exact) mass is 168 g/mol. The molecule has 0 radical (unpaired) electrons. The summed E-state index contributed by atoms with van der Waals surface area (Å²) in [4.78, 5) is 2.59. The first-order chi connectivity index (χ1) is 5.33. The fourth-order valence-corrected chi connectivity index (χ4v) is 1.63. The Morgan fingerprint density at radius 2 is 2.36 bits per heavy atom. The number of aryl methyl sites for hydroxylation is 1. The second kappa shape index (κ2) is 4.31. The van der Waals surface area contributed by atoms with Crippen molar-refractivity contribution in [1.29, 1.82) is 0 Å². The Hall–Kier alpha value is -0.600. The van der Waals surface area contributed by atoms with Crippen molar-refractivity contribution < 1.29 is 5.11 Å². The second-order valence-electron chi connectivity index (χ2n) is 2.36. The van der Waals surface area contributed by atoms with Crippen LogP contribution in [-0.4, -0.2) is 11.7 Å². The van der Waals surface area contributed by atoms with E-state index in [1.54, 1.807) is 11.3 Å². The Morgan fingerprint density at radius 3 is 2.91 bits per heavy atom. The first kappa shape index (κ1) is 8.50. The molecule has 60 valence electrons. The van der Waals surface area contributed by atoms with E-state index in [1.807, 2.05) is 12.2 Å². The highest BCUT2D eigenvalue weighted by Crippen LogP contribution is 2.16. The lowest BCUT2D eigenvalue weighted by Crippen LogP contribution is -1.74. The van der Waals surface area contributed by atoms with Crippen LogP contribution in [0.2, 0.25) is 0 Å². The van der Waals surface area contributed by atoms with Crippen LogP contribution in [0.5, 0.6) is 0 Å². The number of hydrogen-bond donors (Lipinski definition) is 1. The third-order valence-electron chi connectivity index (χ3n) is 1.34. The highest BCUT2D eigenvalue weighted by atomic mass is 32.1. The fourth-order valence-electron chi connectivity index (χ4n) is 0.817. The molecule has 0 fully saturated rings. The van der Waals surface area contributed by atoms with Crippen molar-refractivity contribution in [3.05, 3.63) is 28.0 Å². The van der Waals surface area contributed by atoms with Gasteiger partial charge in [-0.1, -0.05) is 6.08 Å². The van der Waals surface area contributed by atoms with Crippen molar-refractivity contribution >= 4 is 17.4 Å². The maximum Gasteiger partial charge on any atom is 0.0465 e. The van der Waals surface area contributed by atoms with Crippen molar-refractivity contribution in [3.63, 3.8) is 0 Å². The average Bonchev–Trinajstić information content (AvgIpc) is 2.37. The van der Waals surface area contributed by atoms with E-state index >= 15 is 0 Å². The molecule has 0 saturated carbocycles. The third-order valence-corrected chi connectivity index (χ3v) is 2.30. The summed E-state index contributed by atoms with van der Waals surface area (Å²) in [5.41, 5.74) is 0. The summed E-state index contributed by atoms with van der Waals surface area (Å²) in [5.74, 6) is 0. The van der Waals surface area contributed by atoms with Gasteiger partial charge in [0.15, 0.2) is 0 Å². The molecule has 0 saturated heterocycles. The quantitative estimate of drug-likeness (QED) is 0.735. The van der Waals surface area contributed by atoms with Crippen LogP contribution >= 0.6 is 11.3 Å². The number of aliphatic hydroxyl groups is 1. The molecule has 0 spiro atoms. The van der Waals surface area contributed by atoms with E-state index in [1.165, 1.54) is 9.75 Å². The van der Waals surface area contributed by atoms with Gasteiger partial charge in [-0.05, 0) is 31.6 Å². The van der Waals surface area contributed by atoms with E-state index in [0.717, 1.165) is 6.42 Å². The summed E-state index contributed by atoms with van der Waals surface area (Å²) in [6.45, 7) is 2.33. The largest absolute Gasteiger partial charge is 0.396 e. The van der Waals surface area contributed by atoms with Crippen LogP contribution < -0.4 is 0 Å². The standard InChI is InChI=1S/C9H12OS/c1-8-5-6-9(11-8)4-2-3-7-10/h2,4-6,10H,3,7H2,1H3. The van der Waals surface area contributed by atoms with Gasteiger partial charge in [0.1, 0.15) is 0 Å². The van der Waals surface area contributed by atoms with E-state index < -0.39 is 0 Å². The molecule has 1 heterocycles. The molecule has 0 bridgehead atoms. The normalized spacial score (nSPS) is 11.1. The second-order valence-corrected chi connectivity index (χ2v) is 3.68.